The molecular formula is C13H18BrNO3. The van der Waals surface area contributed by atoms with Crippen molar-refractivity contribution in [3.05, 3.63) is 28.2 Å². The van der Waals surface area contributed by atoms with Gasteiger partial charge in [0.2, 0.25) is 5.91 Å². The lowest BCUT2D eigenvalue weighted by Crippen LogP contribution is -2.21. The smallest absolute Gasteiger partial charge is 0.222 e. The van der Waals surface area contributed by atoms with Gasteiger partial charge >= 0.3 is 0 Å². The van der Waals surface area contributed by atoms with E-state index in [1.165, 1.54) is 0 Å². The Kier molecular flexibility index (Phi) is 6.15. The van der Waals surface area contributed by atoms with Crippen LogP contribution in [0.2, 0.25) is 0 Å². The molecule has 0 fully saturated rings. The molecule has 1 rings (SSSR count). The van der Waals surface area contributed by atoms with Crippen LogP contribution < -0.4 is 4.74 Å². The molecule has 0 saturated heterocycles. The molecule has 0 aliphatic rings. The summed E-state index contributed by atoms with van der Waals surface area (Å²) < 4.78 is 6.42. The van der Waals surface area contributed by atoms with Gasteiger partial charge in [0.25, 0.3) is 0 Å². The minimum atomic E-state index is -0.0641. The summed E-state index contributed by atoms with van der Waals surface area (Å²) in [6.45, 7) is 0.389. The fourth-order valence-corrected chi connectivity index (χ4v) is 1.98. The Morgan fingerprint density at radius 1 is 1.44 bits per heavy atom. The third kappa shape index (κ3) is 4.31. The molecule has 0 unspecified atom stereocenters. The largest absolute Gasteiger partial charge is 0.492 e. The van der Waals surface area contributed by atoms with E-state index in [9.17, 15) is 9.90 Å². The number of amides is 1. The lowest BCUT2D eigenvalue weighted by atomic mass is 10.2. The number of aliphatic hydroxyl groups excluding tert-OH is 1. The highest BCUT2D eigenvalue weighted by molar-refractivity contribution is 9.10. The fourth-order valence-electron chi connectivity index (χ4n) is 1.46. The normalized spacial score (nSPS) is 10.2. The minimum Gasteiger partial charge on any atom is -0.492 e. The Hall–Kier alpha value is -1.07. The van der Waals surface area contributed by atoms with E-state index in [0.29, 0.717) is 25.2 Å². The summed E-state index contributed by atoms with van der Waals surface area (Å²) in [5, 5.41) is 9.20. The van der Waals surface area contributed by atoms with Crippen molar-refractivity contribution in [1.82, 2.24) is 4.90 Å². The summed E-state index contributed by atoms with van der Waals surface area (Å²) in [5.74, 6) is 0.741. The molecule has 5 heteroatoms. The van der Waals surface area contributed by atoms with Gasteiger partial charge in [-0.3, -0.25) is 4.79 Å². The van der Waals surface area contributed by atoms with Crippen LogP contribution in [-0.2, 0) is 11.4 Å². The van der Waals surface area contributed by atoms with Gasteiger partial charge in [0.05, 0.1) is 17.7 Å². The maximum Gasteiger partial charge on any atom is 0.222 e. The van der Waals surface area contributed by atoms with Crippen LogP contribution in [0.4, 0.5) is 0 Å². The van der Waals surface area contributed by atoms with Crippen LogP contribution in [0.15, 0.2) is 22.7 Å². The first-order chi connectivity index (χ1) is 8.56. The summed E-state index contributed by atoms with van der Waals surface area (Å²) in [7, 11) is 3.47. The molecule has 4 nitrogen and oxygen atoms in total. The van der Waals surface area contributed by atoms with E-state index >= 15 is 0 Å². The van der Waals surface area contributed by atoms with Crippen LogP contribution in [0.1, 0.15) is 18.4 Å². The maximum absolute atomic E-state index is 11.4. The summed E-state index contributed by atoms with van der Waals surface area (Å²) in [6.07, 6.45) is 1.12. The van der Waals surface area contributed by atoms with Gasteiger partial charge < -0.3 is 14.7 Å². The molecule has 0 bridgehead atoms. The maximum atomic E-state index is 11.4. The van der Waals surface area contributed by atoms with Crippen molar-refractivity contribution < 1.29 is 14.6 Å². The molecule has 0 spiro atoms. The lowest BCUT2D eigenvalue weighted by Gasteiger charge is -2.13. The first-order valence-electron chi connectivity index (χ1n) is 5.77. The number of para-hydroxylation sites is 1. The Bertz CT molecular complexity index is 407. The number of ether oxygens (including phenoxy) is 1. The summed E-state index contributed by atoms with van der Waals surface area (Å²) in [6, 6.07) is 5.52. The van der Waals surface area contributed by atoms with E-state index in [1.807, 2.05) is 18.2 Å². The number of rotatable bonds is 6. The van der Waals surface area contributed by atoms with Crippen LogP contribution in [0.5, 0.6) is 5.75 Å². The van der Waals surface area contributed by atoms with Crippen molar-refractivity contribution >= 4 is 21.8 Å². The SMILES string of the molecule is CN(C)C(=O)CCCOc1c(Br)cccc1CO. The molecule has 0 radical (unpaired) electrons. The third-order valence-electron chi connectivity index (χ3n) is 2.50. The molecule has 0 saturated carbocycles. The predicted molar refractivity (Wildman–Crippen MR) is 73.5 cm³/mol. The molecule has 0 aliphatic heterocycles. The quantitative estimate of drug-likeness (QED) is 0.819. The van der Waals surface area contributed by atoms with Gasteiger partial charge in [-0.25, -0.2) is 0 Å². The second kappa shape index (κ2) is 7.38. The number of hydrogen-bond donors (Lipinski definition) is 1. The average Bonchev–Trinajstić information content (AvgIpc) is 2.35. The Morgan fingerprint density at radius 3 is 2.78 bits per heavy atom. The monoisotopic (exact) mass is 315 g/mol. The number of nitrogens with zero attached hydrogens (tertiary/aromatic N) is 1. The van der Waals surface area contributed by atoms with E-state index in [2.05, 4.69) is 15.9 Å². The molecule has 1 aromatic carbocycles. The van der Waals surface area contributed by atoms with Crippen LogP contribution in [0.25, 0.3) is 0 Å². The molecule has 100 valence electrons. The predicted octanol–water partition coefficient (Wildman–Crippen LogP) is 2.19. The zero-order valence-electron chi connectivity index (χ0n) is 10.6. The molecule has 1 aromatic rings. The molecule has 18 heavy (non-hydrogen) atoms. The van der Waals surface area contributed by atoms with Crippen LogP contribution in [-0.4, -0.2) is 36.6 Å². The van der Waals surface area contributed by atoms with E-state index in [4.69, 9.17) is 4.74 Å². The lowest BCUT2D eigenvalue weighted by molar-refractivity contribution is -0.128. The average molecular weight is 316 g/mol. The summed E-state index contributed by atoms with van der Waals surface area (Å²) in [4.78, 5) is 12.9. The fraction of sp³-hybridized carbons (Fsp3) is 0.462. The van der Waals surface area contributed by atoms with Gasteiger partial charge in [0, 0.05) is 26.1 Å². The number of aliphatic hydroxyl groups is 1. The third-order valence-corrected chi connectivity index (χ3v) is 3.12. The highest BCUT2D eigenvalue weighted by Gasteiger charge is 2.08. The standard InChI is InChI=1S/C13H18BrNO3/c1-15(2)12(17)7-4-8-18-13-10(9-16)5-3-6-11(13)14/h3,5-6,16H,4,7-9H2,1-2H3. The van der Waals surface area contributed by atoms with E-state index < -0.39 is 0 Å². The number of carbonyl (C=O) groups is 1. The first-order valence-corrected chi connectivity index (χ1v) is 6.56. The topological polar surface area (TPSA) is 49.8 Å². The number of benzene rings is 1. The van der Waals surface area contributed by atoms with Gasteiger partial charge in [-0.2, -0.15) is 0 Å². The molecule has 1 N–H and O–H groups in total. The van der Waals surface area contributed by atoms with Gasteiger partial charge in [-0.05, 0) is 28.4 Å². The number of hydrogen-bond acceptors (Lipinski definition) is 3. The van der Waals surface area contributed by atoms with Crippen LogP contribution in [0, 0.1) is 0 Å². The van der Waals surface area contributed by atoms with Gasteiger partial charge in [-0.1, -0.05) is 12.1 Å². The van der Waals surface area contributed by atoms with Gasteiger partial charge in [0.1, 0.15) is 5.75 Å². The van der Waals surface area contributed by atoms with E-state index in [0.717, 1.165) is 10.0 Å². The zero-order chi connectivity index (χ0) is 13.5. The Labute approximate surface area is 116 Å². The Balaban J connectivity index is 2.47. The number of halogens is 1. The summed E-state index contributed by atoms with van der Waals surface area (Å²) >= 11 is 3.38. The molecule has 0 aromatic heterocycles. The van der Waals surface area contributed by atoms with Crippen molar-refractivity contribution in [3.63, 3.8) is 0 Å². The zero-order valence-corrected chi connectivity index (χ0v) is 12.2. The van der Waals surface area contributed by atoms with Crippen molar-refractivity contribution in [2.24, 2.45) is 0 Å². The molecule has 0 aliphatic carbocycles. The minimum absolute atomic E-state index is 0.0641. The van der Waals surface area contributed by atoms with Gasteiger partial charge in [0.15, 0.2) is 0 Å². The number of carbonyl (C=O) groups excluding carboxylic acids is 1. The molecule has 0 heterocycles. The molecular weight excluding hydrogens is 298 g/mol. The van der Waals surface area contributed by atoms with Gasteiger partial charge in [-0.15, -0.1) is 0 Å². The van der Waals surface area contributed by atoms with Crippen molar-refractivity contribution in [1.29, 1.82) is 0 Å². The summed E-state index contributed by atoms with van der Waals surface area (Å²) in [5.41, 5.74) is 0.739. The molecule has 0 atom stereocenters. The second-order valence-corrected chi connectivity index (χ2v) is 4.98. The van der Waals surface area contributed by atoms with Crippen LogP contribution in [0.3, 0.4) is 0 Å². The van der Waals surface area contributed by atoms with E-state index in [-0.39, 0.29) is 12.5 Å². The van der Waals surface area contributed by atoms with Crippen LogP contribution >= 0.6 is 15.9 Å². The van der Waals surface area contributed by atoms with Crippen molar-refractivity contribution in [3.8, 4) is 5.75 Å². The second-order valence-electron chi connectivity index (χ2n) is 4.13. The highest BCUT2D eigenvalue weighted by Crippen LogP contribution is 2.29. The van der Waals surface area contributed by atoms with E-state index in [1.54, 1.807) is 19.0 Å². The Morgan fingerprint density at radius 2 is 2.17 bits per heavy atom. The highest BCUT2D eigenvalue weighted by atomic mass is 79.9. The van der Waals surface area contributed by atoms with Crippen molar-refractivity contribution in [2.45, 2.75) is 19.4 Å². The van der Waals surface area contributed by atoms with Crippen molar-refractivity contribution in [2.75, 3.05) is 20.7 Å². The molecule has 1 amide bonds. The first kappa shape index (κ1) is 15.0.